The molecule has 2 aromatic rings. The zero-order valence-electron chi connectivity index (χ0n) is 11.6. The van der Waals surface area contributed by atoms with E-state index in [-0.39, 0.29) is 4.90 Å². The molecule has 0 heterocycles. The minimum absolute atomic E-state index is 0.205. The summed E-state index contributed by atoms with van der Waals surface area (Å²) in [5, 5.41) is 9.53. The van der Waals surface area contributed by atoms with Crippen molar-refractivity contribution < 1.29 is 18.3 Å². The van der Waals surface area contributed by atoms with E-state index in [0.29, 0.717) is 16.0 Å². The van der Waals surface area contributed by atoms with E-state index < -0.39 is 15.9 Å². The molecule has 6 heteroatoms. The van der Waals surface area contributed by atoms with Crippen molar-refractivity contribution in [2.24, 2.45) is 0 Å². The molecule has 0 amide bonds. The minimum Gasteiger partial charge on any atom is -0.456 e. The topological polar surface area (TPSA) is 63.6 Å². The maximum atomic E-state index is 11.5. The summed E-state index contributed by atoms with van der Waals surface area (Å²) >= 11 is 3.38. The molecular weight excluding hydrogens is 356 g/mol. The second-order valence-electron chi connectivity index (χ2n) is 4.71. The molecule has 1 N–H and O–H groups in total. The minimum atomic E-state index is -3.27. The Bertz CT molecular complexity index is 754. The first kappa shape index (κ1) is 16.0. The van der Waals surface area contributed by atoms with E-state index in [0.717, 1.165) is 11.8 Å². The van der Waals surface area contributed by atoms with Crippen molar-refractivity contribution >= 4 is 25.8 Å². The van der Waals surface area contributed by atoms with E-state index in [1.807, 2.05) is 0 Å². The number of sulfone groups is 1. The molecule has 0 saturated heterocycles. The van der Waals surface area contributed by atoms with Gasteiger partial charge in [-0.3, -0.25) is 0 Å². The maximum absolute atomic E-state index is 11.5. The number of halogens is 1. The van der Waals surface area contributed by atoms with Crippen molar-refractivity contribution in [1.29, 1.82) is 0 Å². The van der Waals surface area contributed by atoms with Gasteiger partial charge in [0.05, 0.1) is 15.5 Å². The highest BCUT2D eigenvalue weighted by atomic mass is 79.9. The lowest BCUT2D eigenvalue weighted by Gasteiger charge is -2.11. The zero-order valence-corrected chi connectivity index (χ0v) is 14.0. The van der Waals surface area contributed by atoms with Crippen molar-refractivity contribution in [3.63, 3.8) is 0 Å². The van der Waals surface area contributed by atoms with Gasteiger partial charge in [-0.1, -0.05) is 12.1 Å². The average Bonchev–Trinajstić information content (AvgIpc) is 2.40. The summed E-state index contributed by atoms with van der Waals surface area (Å²) < 4.78 is 29.4. The maximum Gasteiger partial charge on any atom is 0.175 e. The molecule has 0 aromatic heterocycles. The highest BCUT2D eigenvalue weighted by Gasteiger charge is 2.10. The Morgan fingerprint density at radius 3 is 2.48 bits per heavy atom. The normalized spacial score (nSPS) is 13.0. The Kier molecular flexibility index (Phi) is 4.70. The third kappa shape index (κ3) is 4.06. The Labute approximate surface area is 132 Å². The summed E-state index contributed by atoms with van der Waals surface area (Å²) in [6, 6.07) is 11.6. The zero-order chi connectivity index (χ0) is 15.6. The third-order valence-corrected chi connectivity index (χ3v) is 4.63. The van der Waals surface area contributed by atoms with Gasteiger partial charge in [0, 0.05) is 6.26 Å². The predicted octanol–water partition coefficient (Wildman–Crippen LogP) is 3.70. The molecule has 0 fully saturated rings. The predicted molar refractivity (Wildman–Crippen MR) is 84.4 cm³/mol. The number of hydrogen-bond donors (Lipinski definition) is 1. The van der Waals surface area contributed by atoms with Crippen LogP contribution in [0.15, 0.2) is 51.8 Å². The smallest absolute Gasteiger partial charge is 0.175 e. The highest BCUT2D eigenvalue weighted by molar-refractivity contribution is 9.10. The summed E-state index contributed by atoms with van der Waals surface area (Å²) in [7, 11) is -3.27. The molecule has 0 spiro atoms. The van der Waals surface area contributed by atoms with E-state index >= 15 is 0 Å². The van der Waals surface area contributed by atoms with Gasteiger partial charge in [0.1, 0.15) is 11.5 Å². The van der Waals surface area contributed by atoms with E-state index in [4.69, 9.17) is 4.74 Å². The molecule has 0 unspecified atom stereocenters. The molecule has 21 heavy (non-hydrogen) atoms. The Morgan fingerprint density at radius 2 is 1.90 bits per heavy atom. The Hall–Kier alpha value is -1.37. The SMILES string of the molecule is C[C@@H](O)c1ccc(Oc2cccc(S(C)(=O)=O)c2)c(Br)c1. The fourth-order valence-corrected chi connectivity index (χ4v) is 2.89. The van der Waals surface area contributed by atoms with E-state index in [1.54, 1.807) is 37.3 Å². The summed E-state index contributed by atoms with van der Waals surface area (Å²) in [5.41, 5.74) is 0.763. The lowest BCUT2D eigenvalue weighted by molar-refractivity contribution is 0.199. The van der Waals surface area contributed by atoms with E-state index in [1.165, 1.54) is 12.1 Å². The molecule has 2 rings (SSSR count). The quantitative estimate of drug-likeness (QED) is 0.890. The van der Waals surface area contributed by atoms with Crippen LogP contribution in [0.5, 0.6) is 11.5 Å². The largest absolute Gasteiger partial charge is 0.456 e. The van der Waals surface area contributed by atoms with Gasteiger partial charge in [-0.25, -0.2) is 8.42 Å². The monoisotopic (exact) mass is 370 g/mol. The fourth-order valence-electron chi connectivity index (χ4n) is 1.76. The fraction of sp³-hybridized carbons (Fsp3) is 0.200. The standard InChI is InChI=1S/C15H15BrO4S/c1-10(17)11-6-7-15(14(16)8-11)20-12-4-3-5-13(9-12)21(2,18)19/h3-10,17H,1-2H3/t10-/m1/s1. The van der Waals surface area contributed by atoms with Crippen molar-refractivity contribution in [2.75, 3.05) is 6.26 Å². The summed E-state index contributed by atoms with van der Waals surface area (Å²) in [4.78, 5) is 0.205. The second-order valence-corrected chi connectivity index (χ2v) is 7.58. The molecule has 0 aliphatic heterocycles. The van der Waals surface area contributed by atoms with Gasteiger partial charge in [-0.2, -0.15) is 0 Å². The molecular formula is C15H15BrO4S. The van der Waals surface area contributed by atoms with E-state index in [9.17, 15) is 13.5 Å². The molecule has 0 radical (unpaired) electrons. The number of aliphatic hydroxyl groups excluding tert-OH is 1. The Morgan fingerprint density at radius 1 is 1.19 bits per heavy atom. The van der Waals surface area contributed by atoms with Gasteiger partial charge in [0.2, 0.25) is 0 Å². The molecule has 1 atom stereocenters. The molecule has 112 valence electrons. The molecule has 2 aromatic carbocycles. The van der Waals surface area contributed by atoms with Gasteiger partial charge in [0.15, 0.2) is 9.84 Å². The van der Waals surface area contributed by atoms with Crippen LogP contribution >= 0.6 is 15.9 Å². The van der Waals surface area contributed by atoms with Crippen molar-refractivity contribution in [1.82, 2.24) is 0 Å². The van der Waals surface area contributed by atoms with Crippen molar-refractivity contribution in [2.45, 2.75) is 17.9 Å². The van der Waals surface area contributed by atoms with Crippen LogP contribution in [0.4, 0.5) is 0 Å². The van der Waals surface area contributed by atoms with Crippen LogP contribution in [0, 0.1) is 0 Å². The second kappa shape index (κ2) is 6.17. The first-order valence-corrected chi connectivity index (χ1v) is 8.91. The van der Waals surface area contributed by atoms with E-state index in [2.05, 4.69) is 15.9 Å². The lowest BCUT2D eigenvalue weighted by atomic mass is 10.1. The number of hydrogen-bond acceptors (Lipinski definition) is 4. The number of aliphatic hydroxyl groups is 1. The Balaban J connectivity index is 2.31. The molecule has 0 bridgehead atoms. The molecule has 0 aliphatic carbocycles. The third-order valence-electron chi connectivity index (χ3n) is 2.90. The first-order chi connectivity index (χ1) is 9.77. The number of rotatable bonds is 4. The average molecular weight is 371 g/mol. The van der Waals surface area contributed by atoms with Gasteiger partial charge in [-0.05, 0) is 58.7 Å². The highest BCUT2D eigenvalue weighted by Crippen LogP contribution is 2.32. The lowest BCUT2D eigenvalue weighted by Crippen LogP contribution is -1.97. The molecule has 4 nitrogen and oxygen atoms in total. The van der Waals surface area contributed by atoms with Gasteiger partial charge in [0.25, 0.3) is 0 Å². The summed E-state index contributed by atoms with van der Waals surface area (Å²) in [5.74, 6) is 0.980. The molecule has 0 saturated carbocycles. The van der Waals surface area contributed by atoms with Crippen LogP contribution < -0.4 is 4.74 Å². The van der Waals surface area contributed by atoms with Gasteiger partial charge in [-0.15, -0.1) is 0 Å². The first-order valence-electron chi connectivity index (χ1n) is 6.23. The molecule has 0 aliphatic rings. The van der Waals surface area contributed by atoms with Gasteiger partial charge >= 0.3 is 0 Å². The van der Waals surface area contributed by atoms with Crippen LogP contribution in [0.1, 0.15) is 18.6 Å². The number of benzene rings is 2. The van der Waals surface area contributed by atoms with Crippen LogP contribution in [0.3, 0.4) is 0 Å². The van der Waals surface area contributed by atoms with Gasteiger partial charge < -0.3 is 9.84 Å². The summed E-state index contributed by atoms with van der Waals surface area (Å²) in [6.45, 7) is 1.68. The van der Waals surface area contributed by atoms with Crippen molar-refractivity contribution in [3.05, 3.63) is 52.5 Å². The summed E-state index contributed by atoms with van der Waals surface area (Å²) in [6.07, 6.45) is 0.586. The van der Waals surface area contributed by atoms with Crippen LogP contribution in [-0.4, -0.2) is 19.8 Å². The van der Waals surface area contributed by atoms with Crippen LogP contribution in [0.2, 0.25) is 0 Å². The van der Waals surface area contributed by atoms with Crippen LogP contribution in [-0.2, 0) is 9.84 Å². The van der Waals surface area contributed by atoms with Crippen LogP contribution in [0.25, 0.3) is 0 Å². The van der Waals surface area contributed by atoms with Crippen molar-refractivity contribution in [3.8, 4) is 11.5 Å². The number of ether oxygens (including phenoxy) is 1.